The van der Waals surface area contributed by atoms with Crippen LogP contribution in [0.3, 0.4) is 0 Å². The predicted octanol–water partition coefficient (Wildman–Crippen LogP) is 7.51. The van der Waals surface area contributed by atoms with E-state index in [0.717, 1.165) is 58.9 Å². The number of hydrogen-bond donors (Lipinski definition) is 0. The van der Waals surface area contributed by atoms with Crippen molar-refractivity contribution in [3.8, 4) is 28.8 Å². The van der Waals surface area contributed by atoms with Crippen LogP contribution in [0, 0.1) is 29.0 Å². The summed E-state index contributed by atoms with van der Waals surface area (Å²) in [6.07, 6.45) is 6.31. The minimum absolute atomic E-state index is 0.0811. The van der Waals surface area contributed by atoms with Crippen molar-refractivity contribution in [1.82, 2.24) is 9.88 Å². The number of ether oxygens (including phenoxy) is 3. The molecule has 1 aromatic heterocycles. The maximum absolute atomic E-state index is 17.5. The van der Waals surface area contributed by atoms with Crippen LogP contribution < -0.4 is 14.4 Å². The van der Waals surface area contributed by atoms with Gasteiger partial charge in [-0.15, -0.1) is 0 Å². The Labute approximate surface area is 270 Å². The monoisotopic (exact) mass is 622 g/mol. The highest BCUT2D eigenvalue weighted by Gasteiger charge is 2.50. The number of anilines is 1. The van der Waals surface area contributed by atoms with Crippen molar-refractivity contribution in [2.24, 2.45) is 11.8 Å². The van der Waals surface area contributed by atoms with Gasteiger partial charge < -0.3 is 24.0 Å². The molecule has 3 aromatic carbocycles. The normalized spacial score (nSPS) is 20.9. The molecule has 0 N–H and O–H groups in total. The zero-order chi connectivity index (χ0) is 31.9. The summed E-state index contributed by atoms with van der Waals surface area (Å²) < 4.78 is 35.2. The van der Waals surface area contributed by atoms with E-state index in [1.807, 2.05) is 50.5 Å². The van der Waals surface area contributed by atoms with E-state index >= 15 is 4.39 Å². The maximum atomic E-state index is 17.5. The molecule has 4 aliphatic rings. The van der Waals surface area contributed by atoms with Gasteiger partial charge in [0.25, 0.3) is 0 Å². The van der Waals surface area contributed by atoms with E-state index in [2.05, 4.69) is 28.9 Å². The molecule has 7 nitrogen and oxygen atoms in total. The van der Waals surface area contributed by atoms with Crippen molar-refractivity contribution in [1.29, 1.82) is 5.26 Å². The highest BCUT2D eigenvalue weighted by atomic mass is 19.1. The van der Waals surface area contributed by atoms with E-state index in [1.165, 1.54) is 19.3 Å². The summed E-state index contributed by atoms with van der Waals surface area (Å²) >= 11 is 0. The maximum Gasteiger partial charge on any atom is 0.219 e. The fourth-order valence-electron chi connectivity index (χ4n) is 8.39. The van der Waals surface area contributed by atoms with Crippen molar-refractivity contribution in [3.63, 3.8) is 0 Å². The summed E-state index contributed by atoms with van der Waals surface area (Å²) in [5.41, 5.74) is 4.50. The summed E-state index contributed by atoms with van der Waals surface area (Å²) in [5.74, 6) is 2.14. The minimum atomic E-state index is -0.380. The third kappa shape index (κ3) is 5.44. The molecular formula is C38H43FN4O3. The van der Waals surface area contributed by atoms with Crippen molar-refractivity contribution in [2.45, 2.75) is 64.0 Å². The van der Waals surface area contributed by atoms with Crippen LogP contribution in [0.1, 0.15) is 50.2 Å². The van der Waals surface area contributed by atoms with Crippen LogP contribution >= 0.6 is 0 Å². The second kappa shape index (κ2) is 12.7. The molecule has 2 heterocycles. The van der Waals surface area contributed by atoms with Crippen molar-refractivity contribution in [3.05, 3.63) is 59.4 Å². The third-order valence-electron chi connectivity index (χ3n) is 10.2. The number of fused-ring (bicyclic) bond motifs is 5. The van der Waals surface area contributed by atoms with Gasteiger partial charge in [-0.1, -0.05) is 24.3 Å². The molecule has 1 aliphatic heterocycles. The lowest BCUT2D eigenvalue weighted by Gasteiger charge is -2.48. The van der Waals surface area contributed by atoms with E-state index in [0.29, 0.717) is 52.6 Å². The van der Waals surface area contributed by atoms with Crippen molar-refractivity contribution >= 4 is 27.4 Å². The number of methoxy groups -OCH3 is 1. The van der Waals surface area contributed by atoms with Crippen LogP contribution in [-0.4, -0.2) is 63.1 Å². The molecule has 3 fully saturated rings. The van der Waals surface area contributed by atoms with E-state index in [4.69, 9.17) is 19.2 Å². The quantitative estimate of drug-likeness (QED) is 0.160. The Morgan fingerprint density at radius 2 is 1.93 bits per heavy atom. The van der Waals surface area contributed by atoms with Crippen LogP contribution in [-0.2, 0) is 17.6 Å². The lowest BCUT2D eigenvalue weighted by Crippen LogP contribution is -2.51. The molecule has 4 aromatic rings. The minimum Gasteiger partial charge on any atom is -0.473 e. The van der Waals surface area contributed by atoms with E-state index in [-0.39, 0.29) is 25.1 Å². The van der Waals surface area contributed by atoms with Gasteiger partial charge in [0.2, 0.25) is 5.88 Å². The fraction of sp³-hybridized carbons (Fsp3) is 0.474. The van der Waals surface area contributed by atoms with Gasteiger partial charge in [0, 0.05) is 49.2 Å². The first-order valence-corrected chi connectivity index (χ1v) is 16.7. The number of aryl methyl sites for hydroxylation is 1. The first-order valence-electron chi connectivity index (χ1n) is 16.7. The highest BCUT2D eigenvalue weighted by molar-refractivity contribution is 6.04. The molecule has 0 saturated heterocycles. The number of aromatic nitrogens is 1. The summed E-state index contributed by atoms with van der Waals surface area (Å²) in [5, 5.41) is 12.3. The molecule has 0 amide bonds. The van der Waals surface area contributed by atoms with Gasteiger partial charge in [0.1, 0.15) is 17.4 Å². The van der Waals surface area contributed by atoms with E-state index in [9.17, 15) is 5.26 Å². The van der Waals surface area contributed by atoms with Crippen LogP contribution in [0.4, 0.5) is 10.1 Å². The van der Waals surface area contributed by atoms with Gasteiger partial charge in [0.05, 0.1) is 11.8 Å². The van der Waals surface area contributed by atoms with Crippen molar-refractivity contribution in [2.75, 3.05) is 46.0 Å². The molecule has 3 saturated carbocycles. The van der Waals surface area contributed by atoms with E-state index < -0.39 is 0 Å². The Morgan fingerprint density at radius 1 is 1.13 bits per heavy atom. The predicted molar refractivity (Wildman–Crippen MR) is 180 cm³/mol. The largest absolute Gasteiger partial charge is 0.473 e. The number of pyridine rings is 1. The zero-order valence-corrected chi connectivity index (χ0v) is 27.3. The zero-order valence-electron chi connectivity index (χ0n) is 27.3. The summed E-state index contributed by atoms with van der Waals surface area (Å²) in [4.78, 5) is 9.71. The average Bonchev–Trinajstić information content (AvgIpc) is 3.69. The third-order valence-corrected chi connectivity index (χ3v) is 10.2. The molecule has 2 bridgehead atoms. The number of benzene rings is 3. The number of rotatable bonds is 11. The second-order valence-electron chi connectivity index (χ2n) is 13.6. The lowest BCUT2D eigenvalue weighted by molar-refractivity contribution is 0.0512. The topological polar surface area (TPSA) is 70.9 Å². The van der Waals surface area contributed by atoms with Gasteiger partial charge in [-0.25, -0.2) is 9.37 Å². The number of nitriles is 1. The van der Waals surface area contributed by atoms with Gasteiger partial charge >= 0.3 is 0 Å². The molecule has 8 heteroatoms. The molecule has 240 valence electrons. The standard InChI is InChI=1S/C38H43FN4O3/c1-23(21-42(2)3)46-38-30-12-8-16-43(36-26-13-14-27(36)17-26)37(30)32-19-25(10-7-15-40)33(34(39)35(32)41-38)31-20-28(45-22-44-4)18-24-9-5-6-11-29(24)31/h5-6,9,11,18-20,23,26-27,36H,7-8,10,12-14,16-17,21-22H2,1-4H3/t23-,26?,27?,36?/m0/s1. The molecule has 3 atom stereocenters. The SMILES string of the molecule is COCOc1cc(-c2c(CCC#N)cc3c4c(c(O[C@@H](C)CN(C)C)nc3c2F)CCCN4C2C3CCC2C3)c2ccccc2c1. The lowest BCUT2D eigenvalue weighted by atomic mass is 9.76. The van der Waals surface area contributed by atoms with Gasteiger partial charge in [-0.05, 0) is 111 Å². The van der Waals surface area contributed by atoms with Crippen LogP contribution in [0.2, 0.25) is 0 Å². The van der Waals surface area contributed by atoms with Crippen LogP contribution in [0.25, 0.3) is 32.8 Å². The number of nitrogens with zero attached hydrogens (tertiary/aromatic N) is 4. The Bertz CT molecular complexity index is 1800. The fourth-order valence-corrected chi connectivity index (χ4v) is 8.39. The van der Waals surface area contributed by atoms with Gasteiger partial charge in [-0.3, -0.25) is 0 Å². The molecule has 8 rings (SSSR count). The molecule has 0 radical (unpaired) electrons. The Hall–Kier alpha value is -3.93. The molecule has 3 aliphatic carbocycles. The van der Waals surface area contributed by atoms with Gasteiger partial charge in [0.15, 0.2) is 12.6 Å². The van der Waals surface area contributed by atoms with E-state index in [1.54, 1.807) is 7.11 Å². The smallest absolute Gasteiger partial charge is 0.219 e. The second-order valence-corrected chi connectivity index (χ2v) is 13.6. The summed E-state index contributed by atoms with van der Waals surface area (Å²) in [7, 11) is 5.64. The molecule has 2 unspecified atom stereocenters. The van der Waals surface area contributed by atoms with Crippen LogP contribution in [0.5, 0.6) is 11.6 Å². The molecule has 0 spiro atoms. The Morgan fingerprint density at radius 3 is 2.67 bits per heavy atom. The molecule has 46 heavy (non-hydrogen) atoms. The number of likely N-dealkylation sites (N-methyl/N-ethyl adjacent to an activating group) is 1. The average molecular weight is 623 g/mol. The highest BCUT2D eigenvalue weighted by Crippen LogP contribution is 2.55. The Kier molecular flexibility index (Phi) is 8.48. The van der Waals surface area contributed by atoms with Crippen LogP contribution in [0.15, 0.2) is 42.5 Å². The summed E-state index contributed by atoms with van der Waals surface area (Å²) in [6, 6.07) is 16.7. The van der Waals surface area contributed by atoms with Gasteiger partial charge in [-0.2, -0.15) is 5.26 Å². The number of halogens is 1. The first kappa shape index (κ1) is 30.7. The Balaban J connectivity index is 1.49. The van der Waals surface area contributed by atoms with Crippen molar-refractivity contribution < 1.29 is 18.6 Å². The first-order chi connectivity index (χ1) is 22.4. The summed E-state index contributed by atoms with van der Waals surface area (Å²) in [6.45, 7) is 3.82. The molecular weight excluding hydrogens is 579 g/mol. The number of hydrogen-bond acceptors (Lipinski definition) is 7.